The van der Waals surface area contributed by atoms with Crippen LogP contribution in [0.25, 0.3) is 22.5 Å². The van der Waals surface area contributed by atoms with Crippen molar-refractivity contribution in [3.63, 3.8) is 0 Å². The minimum absolute atomic E-state index is 0.0328. The summed E-state index contributed by atoms with van der Waals surface area (Å²) in [5.41, 5.74) is 4.45. The van der Waals surface area contributed by atoms with Crippen molar-refractivity contribution in [2.75, 3.05) is 70.3 Å². The number of aromatic nitrogens is 3. The number of fused-ring (bicyclic) bond motifs is 5. The number of para-hydroxylation sites is 1. The minimum Gasteiger partial charge on any atom is -0.480 e. The summed E-state index contributed by atoms with van der Waals surface area (Å²) in [6.45, 7) is 1.89. The van der Waals surface area contributed by atoms with E-state index >= 15 is 0 Å². The molecule has 4 rings (SSSR count). The van der Waals surface area contributed by atoms with Gasteiger partial charge in [0.2, 0.25) is 11.8 Å². The third-order valence-corrected chi connectivity index (χ3v) is 8.46. The van der Waals surface area contributed by atoms with Crippen LogP contribution in [0.15, 0.2) is 48.5 Å². The van der Waals surface area contributed by atoms with E-state index in [0.29, 0.717) is 17.9 Å². The Bertz CT molecular complexity index is 1740. The molecule has 2 heterocycles. The van der Waals surface area contributed by atoms with Gasteiger partial charge in [-0.3, -0.25) is 43.5 Å². The van der Waals surface area contributed by atoms with Crippen LogP contribution in [-0.2, 0) is 41.9 Å². The Morgan fingerprint density at radius 2 is 1.23 bits per heavy atom. The first kappa shape index (κ1) is 40.1. The highest BCUT2D eigenvalue weighted by Crippen LogP contribution is 2.41. The van der Waals surface area contributed by atoms with Gasteiger partial charge in [-0.1, -0.05) is 61.5 Å². The molecule has 0 saturated carbocycles. The summed E-state index contributed by atoms with van der Waals surface area (Å²) in [5, 5.41) is 48.7. The van der Waals surface area contributed by atoms with E-state index in [2.05, 4.69) is 15.6 Å². The number of carboxylic acids is 4. The van der Waals surface area contributed by atoms with E-state index < -0.39 is 56.0 Å². The number of carboxylic acid groups (broad SMARTS) is 4. The predicted octanol–water partition coefficient (Wildman–Crippen LogP) is 0.475. The molecule has 0 fully saturated rings. The van der Waals surface area contributed by atoms with Gasteiger partial charge in [0.05, 0.1) is 57.2 Å². The molecule has 0 spiro atoms. The number of carbonyl (C=O) groups is 6. The van der Waals surface area contributed by atoms with Crippen molar-refractivity contribution < 1.29 is 49.2 Å². The van der Waals surface area contributed by atoms with Crippen LogP contribution in [0.1, 0.15) is 19.4 Å². The molecule has 3 aromatic rings. The van der Waals surface area contributed by atoms with Gasteiger partial charge in [-0.05, 0) is 11.6 Å². The Labute approximate surface area is 305 Å². The van der Waals surface area contributed by atoms with Crippen LogP contribution < -0.4 is 10.2 Å². The molecule has 284 valence electrons. The van der Waals surface area contributed by atoms with Crippen LogP contribution >= 0.6 is 0 Å². The number of nitrogens with one attached hydrogen (secondary N) is 1. The third kappa shape index (κ3) is 11.4. The average Bonchev–Trinajstić information content (AvgIpc) is 3.49. The molecule has 0 bridgehead atoms. The minimum atomic E-state index is -1.24. The van der Waals surface area contributed by atoms with E-state index in [-0.39, 0.29) is 57.6 Å². The van der Waals surface area contributed by atoms with Crippen LogP contribution in [0, 0.1) is 5.92 Å². The summed E-state index contributed by atoms with van der Waals surface area (Å²) in [4.78, 5) is 77.6. The molecule has 2 aromatic carbocycles. The average molecular weight is 737 g/mol. The number of nitrogens with zero attached hydrogens (tertiary/aromatic N) is 7. The quantitative estimate of drug-likeness (QED) is 0.106. The Hall–Kier alpha value is -5.72. The second-order valence-corrected chi connectivity index (χ2v) is 12.9. The number of aliphatic carboxylic acids is 4. The van der Waals surface area contributed by atoms with Crippen LogP contribution in [0.5, 0.6) is 0 Å². The van der Waals surface area contributed by atoms with Crippen LogP contribution in [-0.4, -0.2) is 151 Å². The smallest absolute Gasteiger partial charge is 0.317 e. The van der Waals surface area contributed by atoms with Gasteiger partial charge in [-0.15, -0.1) is 5.10 Å². The van der Waals surface area contributed by atoms with Gasteiger partial charge < -0.3 is 30.6 Å². The molecule has 1 aromatic heterocycles. The fraction of sp³-hybridized carbons (Fsp3) is 0.429. The first-order valence-electron chi connectivity index (χ1n) is 17.0. The lowest BCUT2D eigenvalue weighted by molar-refractivity contribution is -0.143. The van der Waals surface area contributed by atoms with E-state index in [0.717, 1.165) is 22.4 Å². The molecule has 1 aliphatic heterocycles. The zero-order valence-corrected chi connectivity index (χ0v) is 29.6. The molecule has 2 amide bonds. The molecule has 0 aliphatic carbocycles. The van der Waals surface area contributed by atoms with Crippen LogP contribution in [0.2, 0.25) is 0 Å². The maximum absolute atomic E-state index is 13.4. The molecule has 0 atom stereocenters. The molecule has 5 N–H and O–H groups in total. The summed E-state index contributed by atoms with van der Waals surface area (Å²) in [5.74, 6) is -5.67. The normalized spacial score (nSPS) is 12.2. The van der Waals surface area contributed by atoms with Gasteiger partial charge in [0, 0.05) is 49.8 Å². The number of amides is 2. The highest BCUT2D eigenvalue weighted by molar-refractivity contribution is 6.00. The van der Waals surface area contributed by atoms with Crippen molar-refractivity contribution in [2.24, 2.45) is 5.92 Å². The number of benzene rings is 2. The standard InChI is InChI=1S/C35H44N8O10/c1-23(2)35(53)42-17-24-7-3-4-8-25(24)34-33(26-9-5-6-10-27(26)42)37-38-43(34)12-11-36-28(44)18-39(13-15-40(19-29(45)46)20-30(47)48)14-16-41(21-31(49)50)22-32(51)52/h3-10,23H,11-22H2,1-2H3,(H,36,44)(H,45,46)(H,47,48)(H,49,50)(H,51,52). The number of rotatable bonds is 20. The van der Waals surface area contributed by atoms with Gasteiger partial charge in [-0.2, -0.15) is 0 Å². The molecule has 18 nitrogen and oxygen atoms in total. The largest absolute Gasteiger partial charge is 0.480 e. The number of carbonyl (C=O) groups excluding carboxylic acids is 2. The maximum atomic E-state index is 13.4. The van der Waals surface area contributed by atoms with Gasteiger partial charge in [0.15, 0.2) is 0 Å². The third-order valence-electron chi connectivity index (χ3n) is 8.46. The van der Waals surface area contributed by atoms with Crippen molar-refractivity contribution in [3.8, 4) is 22.5 Å². The SMILES string of the molecule is CC(C)C(=O)N1Cc2ccccc2-c2c(nnn2CCNC(=O)CN(CCN(CC(=O)O)CC(=O)O)CCN(CC(=O)O)CC(=O)O)-c2ccccc21. The topological polar surface area (TPSA) is 239 Å². The van der Waals surface area contributed by atoms with Gasteiger partial charge in [-0.25, -0.2) is 4.68 Å². The summed E-state index contributed by atoms with van der Waals surface area (Å²) < 4.78 is 1.69. The lowest BCUT2D eigenvalue weighted by Gasteiger charge is -2.29. The molecule has 1 aliphatic rings. The number of hydrogen-bond acceptors (Lipinski definition) is 11. The van der Waals surface area contributed by atoms with E-state index in [1.54, 1.807) is 14.5 Å². The molecular weight excluding hydrogens is 692 g/mol. The maximum Gasteiger partial charge on any atom is 0.317 e. The Balaban J connectivity index is 1.52. The fourth-order valence-corrected chi connectivity index (χ4v) is 6.07. The highest BCUT2D eigenvalue weighted by atomic mass is 16.4. The Morgan fingerprint density at radius 3 is 1.77 bits per heavy atom. The lowest BCUT2D eigenvalue weighted by Crippen LogP contribution is -2.47. The zero-order chi connectivity index (χ0) is 38.7. The Kier molecular flexibility index (Phi) is 14.1. The van der Waals surface area contributed by atoms with Crippen molar-refractivity contribution >= 4 is 41.4 Å². The van der Waals surface area contributed by atoms with Crippen molar-refractivity contribution in [2.45, 2.75) is 26.9 Å². The summed E-state index contributed by atoms with van der Waals surface area (Å²) >= 11 is 0. The van der Waals surface area contributed by atoms with Crippen molar-refractivity contribution in [1.82, 2.24) is 35.0 Å². The van der Waals surface area contributed by atoms with Crippen LogP contribution in [0.4, 0.5) is 5.69 Å². The second kappa shape index (κ2) is 18.7. The zero-order valence-electron chi connectivity index (χ0n) is 29.6. The summed E-state index contributed by atoms with van der Waals surface area (Å²) in [6, 6.07) is 15.2. The fourth-order valence-electron chi connectivity index (χ4n) is 6.07. The van der Waals surface area contributed by atoms with Crippen molar-refractivity contribution in [1.29, 1.82) is 0 Å². The van der Waals surface area contributed by atoms with Gasteiger partial charge in [0.1, 0.15) is 5.69 Å². The molecule has 0 saturated heterocycles. The molecule has 0 radical (unpaired) electrons. The van der Waals surface area contributed by atoms with Crippen molar-refractivity contribution in [3.05, 3.63) is 54.1 Å². The van der Waals surface area contributed by atoms with E-state index in [1.807, 2.05) is 62.4 Å². The molecule has 0 unspecified atom stereocenters. The Morgan fingerprint density at radius 1 is 0.717 bits per heavy atom. The van der Waals surface area contributed by atoms with Gasteiger partial charge in [0.25, 0.3) is 0 Å². The molecular formula is C35H44N8O10. The van der Waals surface area contributed by atoms with E-state index in [4.69, 9.17) is 0 Å². The van der Waals surface area contributed by atoms with Crippen LogP contribution in [0.3, 0.4) is 0 Å². The highest BCUT2D eigenvalue weighted by Gasteiger charge is 2.30. The second-order valence-electron chi connectivity index (χ2n) is 12.9. The first-order valence-corrected chi connectivity index (χ1v) is 17.0. The lowest BCUT2D eigenvalue weighted by atomic mass is 9.95. The van der Waals surface area contributed by atoms with E-state index in [1.165, 1.54) is 9.80 Å². The monoisotopic (exact) mass is 736 g/mol. The number of anilines is 1. The first-order chi connectivity index (χ1) is 25.2. The number of hydrogen-bond donors (Lipinski definition) is 5. The summed E-state index contributed by atoms with van der Waals surface area (Å²) in [7, 11) is 0. The van der Waals surface area contributed by atoms with E-state index in [9.17, 15) is 49.2 Å². The summed E-state index contributed by atoms with van der Waals surface area (Å²) in [6.07, 6.45) is 0. The molecule has 53 heavy (non-hydrogen) atoms. The predicted molar refractivity (Wildman–Crippen MR) is 190 cm³/mol. The molecule has 18 heteroatoms. The van der Waals surface area contributed by atoms with Gasteiger partial charge >= 0.3 is 23.9 Å².